The third-order valence-corrected chi connectivity index (χ3v) is 6.16. The van der Waals surface area contributed by atoms with E-state index in [-0.39, 0.29) is 11.0 Å². The lowest BCUT2D eigenvalue weighted by Crippen LogP contribution is -2.54. The number of carbonyl (C=O) groups is 3. The molecule has 0 unspecified atom stereocenters. The molecular formula is C28H29N3O3. The van der Waals surface area contributed by atoms with E-state index in [1.807, 2.05) is 39.0 Å². The molecule has 0 saturated carbocycles. The first-order chi connectivity index (χ1) is 16.0. The van der Waals surface area contributed by atoms with E-state index in [0.29, 0.717) is 5.69 Å². The van der Waals surface area contributed by atoms with Crippen LogP contribution in [0.1, 0.15) is 48.8 Å². The van der Waals surface area contributed by atoms with Crippen LogP contribution in [0.25, 0.3) is 11.8 Å². The summed E-state index contributed by atoms with van der Waals surface area (Å²) >= 11 is 0. The average Bonchev–Trinajstić information content (AvgIpc) is 3.04. The largest absolute Gasteiger partial charge is 0.335 e. The molecule has 3 aromatic rings. The van der Waals surface area contributed by atoms with Gasteiger partial charge < -0.3 is 4.57 Å². The number of benzene rings is 2. The van der Waals surface area contributed by atoms with Gasteiger partial charge in [0, 0.05) is 17.1 Å². The van der Waals surface area contributed by atoms with Crippen molar-refractivity contribution in [1.29, 1.82) is 0 Å². The molecule has 2 heterocycles. The third kappa shape index (κ3) is 4.19. The van der Waals surface area contributed by atoms with Crippen molar-refractivity contribution in [2.75, 3.05) is 4.90 Å². The molecule has 1 saturated heterocycles. The van der Waals surface area contributed by atoms with E-state index in [1.54, 1.807) is 18.2 Å². The molecule has 174 valence electrons. The van der Waals surface area contributed by atoms with Crippen molar-refractivity contribution in [1.82, 2.24) is 9.88 Å². The zero-order chi connectivity index (χ0) is 24.8. The molecule has 1 aliphatic rings. The number of anilines is 1. The van der Waals surface area contributed by atoms with Crippen LogP contribution in [0, 0.1) is 20.8 Å². The fraction of sp³-hybridized carbons (Fsp3) is 0.250. The Bertz CT molecular complexity index is 1320. The molecular weight excluding hydrogens is 426 g/mol. The van der Waals surface area contributed by atoms with Crippen LogP contribution < -0.4 is 10.2 Å². The van der Waals surface area contributed by atoms with Crippen molar-refractivity contribution in [3.63, 3.8) is 0 Å². The number of urea groups is 1. The molecule has 1 fully saturated rings. The van der Waals surface area contributed by atoms with Crippen molar-refractivity contribution in [3.05, 3.63) is 88.2 Å². The number of amides is 4. The Kier molecular flexibility index (Phi) is 5.77. The zero-order valence-corrected chi connectivity index (χ0v) is 20.4. The highest BCUT2D eigenvalue weighted by atomic mass is 16.2. The minimum Gasteiger partial charge on any atom is -0.318 e. The molecule has 0 aliphatic carbocycles. The fourth-order valence-electron chi connectivity index (χ4n) is 4.18. The lowest BCUT2D eigenvalue weighted by Gasteiger charge is -2.26. The maximum absolute atomic E-state index is 13.2. The van der Waals surface area contributed by atoms with Crippen LogP contribution in [0.5, 0.6) is 0 Å². The molecule has 6 heteroatoms. The molecule has 0 spiro atoms. The Morgan fingerprint density at radius 3 is 2.00 bits per heavy atom. The number of carbonyl (C=O) groups excluding carboxylic acids is 3. The molecule has 1 aromatic heterocycles. The Morgan fingerprint density at radius 1 is 0.824 bits per heavy atom. The summed E-state index contributed by atoms with van der Waals surface area (Å²) in [6.45, 7) is 12.4. The van der Waals surface area contributed by atoms with Gasteiger partial charge in [0.2, 0.25) is 0 Å². The van der Waals surface area contributed by atoms with Crippen LogP contribution >= 0.6 is 0 Å². The summed E-state index contributed by atoms with van der Waals surface area (Å²) in [5, 5.41) is 2.29. The minimum atomic E-state index is -0.750. The summed E-state index contributed by atoms with van der Waals surface area (Å²) < 4.78 is 2.09. The normalized spacial score (nSPS) is 15.8. The Morgan fingerprint density at radius 2 is 1.41 bits per heavy atom. The van der Waals surface area contributed by atoms with Crippen molar-refractivity contribution in [3.8, 4) is 5.69 Å². The van der Waals surface area contributed by atoms with Crippen LogP contribution in [0.2, 0.25) is 0 Å². The zero-order valence-electron chi connectivity index (χ0n) is 20.4. The van der Waals surface area contributed by atoms with Crippen molar-refractivity contribution >= 4 is 29.6 Å². The SMILES string of the molecule is Cc1ccc(N2C(=O)NC(=O)/C(=C\c3cc(C)n(-c4ccc(C(C)(C)C)cc4)c3C)C2=O)cc1. The predicted molar refractivity (Wildman–Crippen MR) is 134 cm³/mol. The summed E-state index contributed by atoms with van der Waals surface area (Å²) in [7, 11) is 0. The number of aryl methyl sites for hydroxylation is 2. The average molecular weight is 456 g/mol. The van der Waals surface area contributed by atoms with E-state index < -0.39 is 17.8 Å². The van der Waals surface area contributed by atoms with Gasteiger partial charge in [-0.25, -0.2) is 9.69 Å². The second-order valence-corrected chi connectivity index (χ2v) is 9.75. The molecule has 6 nitrogen and oxygen atoms in total. The molecule has 1 N–H and O–H groups in total. The van der Waals surface area contributed by atoms with Gasteiger partial charge in [-0.3, -0.25) is 14.9 Å². The Hall–Kier alpha value is -3.93. The van der Waals surface area contributed by atoms with Gasteiger partial charge in [-0.2, -0.15) is 0 Å². The van der Waals surface area contributed by atoms with Gasteiger partial charge in [0.15, 0.2) is 0 Å². The smallest absolute Gasteiger partial charge is 0.318 e. The Labute approximate surface area is 199 Å². The summed E-state index contributed by atoms with van der Waals surface area (Å²) in [6, 6.07) is 16.6. The molecule has 4 amide bonds. The lowest BCUT2D eigenvalue weighted by molar-refractivity contribution is -0.122. The van der Waals surface area contributed by atoms with Crippen LogP contribution in [-0.4, -0.2) is 22.4 Å². The van der Waals surface area contributed by atoms with Crippen molar-refractivity contribution in [2.24, 2.45) is 0 Å². The van der Waals surface area contributed by atoms with Crippen LogP contribution in [-0.2, 0) is 15.0 Å². The van der Waals surface area contributed by atoms with Gasteiger partial charge in [-0.15, -0.1) is 0 Å². The molecule has 2 aromatic carbocycles. The maximum atomic E-state index is 13.2. The summed E-state index contributed by atoms with van der Waals surface area (Å²) in [6.07, 6.45) is 1.56. The number of imide groups is 2. The van der Waals surface area contributed by atoms with Crippen LogP contribution in [0.4, 0.5) is 10.5 Å². The summed E-state index contributed by atoms with van der Waals surface area (Å²) in [4.78, 5) is 39.3. The standard InChI is InChI=1S/C28H29N3O3/c1-17-7-11-23(12-8-17)31-26(33)24(25(32)29-27(31)34)16-20-15-18(2)30(19(20)3)22-13-9-21(10-14-22)28(4,5)6/h7-16H,1-6H3,(H,29,32,34)/b24-16+. The number of hydrogen-bond acceptors (Lipinski definition) is 3. The molecule has 1 aliphatic heterocycles. The minimum absolute atomic E-state index is 0.0599. The monoisotopic (exact) mass is 455 g/mol. The van der Waals surface area contributed by atoms with Gasteiger partial charge in [0.05, 0.1) is 5.69 Å². The predicted octanol–water partition coefficient (Wildman–Crippen LogP) is 5.37. The van der Waals surface area contributed by atoms with E-state index in [2.05, 4.69) is 54.9 Å². The molecule has 0 radical (unpaired) electrons. The third-order valence-electron chi connectivity index (χ3n) is 6.16. The quantitative estimate of drug-likeness (QED) is 0.427. The highest BCUT2D eigenvalue weighted by molar-refractivity contribution is 6.39. The highest BCUT2D eigenvalue weighted by Gasteiger charge is 2.37. The van der Waals surface area contributed by atoms with E-state index >= 15 is 0 Å². The first-order valence-electron chi connectivity index (χ1n) is 11.3. The molecule has 4 rings (SSSR count). The van der Waals surface area contributed by atoms with Gasteiger partial charge in [-0.05, 0) is 73.7 Å². The highest BCUT2D eigenvalue weighted by Crippen LogP contribution is 2.28. The lowest BCUT2D eigenvalue weighted by atomic mass is 9.87. The molecule has 0 atom stereocenters. The number of aromatic nitrogens is 1. The van der Waals surface area contributed by atoms with Gasteiger partial charge >= 0.3 is 6.03 Å². The second-order valence-electron chi connectivity index (χ2n) is 9.75. The fourth-order valence-corrected chi connectivity index (χ4v) is 4.18. The van der Waals surface area contributed by atoms with E-state index in [9.17, 15) is 14.4 Å². The topological polar surface area (TPSA) is 71.4 Å². The molecule has 0 bridgehead atoms. The van der Waals surface area contributed by atoms with E-state index in [1.165, 1.54) is 5.56 Å². The first kappa shape index (κ1) is 23.2. The van der Waals surface area contributed by atoms with Crippen molar-refractivity contribution in [2.45, 2.75) is 47.0 Å². The number of nitrogens with one attached hydrogen (secondary N) is 1. The number of nitrogens with zero attached hydrogens (tertiary/aromatic N) is 2. The van der Waals surface area contributed by atoms with Crippen LogP contribution in [0.3, 0.4) is 0 Å². The maximum Gasteiger partial charge on any atom is 0.335 e. The Balaban J connectivity index is 1.72. The number of barbiturate groups is 1. The van der Waals surface area contributed by atoms with Gasteiger partial charge in [0.25, 0.3) is 11.8 Å². The van der Waals surface area contributed by atoms with Gasteiger partial charge in [-0.1, -0.05) is 50.6 Å². The molecule has 34 heavy (non-hydrogen) atoms. The van der Waals surface area contributed by atoms with E-state index in [0.717, 1.165) is 33.1 Å². The van der Waals surface area contributed by atoms with Gasteiger partial charge in [0.1, 0.15) is 5.57 Å². The second kappa shape index (κ2) is 8.45. The summed E-state index contributed by atoms with van der Waals surface area (Å²) in [5.74, 6) is -1.34. The first-order valence-corrected chi connectivity index (χ1v) is 11.3. The van der Waals surface area contributed by atoms with Crippen LogP contribution in [0.15, 0.2) is 60.2 Å². The summed E-state index contributed by atoms with van der Waals surface area (Å²) in [5.41, 5.74) is 6.26. The number of rotatable bonds is 3. The van der Waals surface area contributed by atoms with Crippen molar-refractivity contribution < 1.29 is 14.4 Å². The number of hydrogen-bond donors (Lipinski definition) is 1. The van der Waals surface area contributed by atoms with E-state index in [4.69, 9.17) is 0 Å².